The molecule has 0 spiro atoms. The van der Waals surface area contributed by atoms with Crippen LogP contribution in [0.5, 0.6) is 17.2 Å². The standard InChI is InChI=1S/C19H19FN2O4/c1-24-17-8-13(9-18(25-2)19(17)26-3)15-10-16(22(11-23)21-15)12-4-6-14(20)7-5-12/h4-9,11,16H,10H2,1-3H3/t16-/m0/s1. The third kappa shape index (κ3) is 3.20. The molecular weight excluding hydrogens is 339 g/mol. The Hall–Kier alpha value is -3.09. The molecule has 7 heteroatoms. The number of hydrogen-bond donors (Lipinski definition) is 0. The third-order valence-corrected chi connectivity index (χ3v) is 4.30. The van der Waals surface area contributed by atoms with Gasteiger partial charge in [0.1, 0.15) is 5.82 Å². The van der Waals surface area contributed by atoms with Crippen LogP contribution in [-0.2, 0) is 4.79 Å². The Labute approximate surface area is 150 Å². The van der Waals surface area contributed by atoms with E-state index in [0.29, 0.717) is 35.8 Å². The highest BCUT2D eigenvalue weighted by Crippen LogP contribution is 2.40. The van der Waals surface area contributed by atoms with Gasteiger partial charge in [-0.2, -0.15) is 5.10 Å². The van der Waals surface area contributed by atoms with E-state index in [1.54, 1.807) is 24.3 Å². The Bertz CT molecular complexity index is 811. The van der Waals surface area contributed by atoms with E-state index >= 15 is 0 Å². The summed E-state index contributed by atoms with van der Waals surface area (Å²) < 4.78 is 29.3. The van der Waals surface area contributed by atoms with Gasteiger partial charge >= 0.3 is 0 Å². The summed E-state index contributed by atoms with van der Waals surface area (Å²) in [6, 6.07) is 9.34. The third-order valence-electron chi connectivity index (χ3n) is 4.30. The largest absolute Gasteiger partial charge is 0.493 e. The predicted molar refractivity (Wildman–Crippen MR) is 94.3 cm³/mol. The van der Waals surface area contributed by atoms with Crippen molar-refractivity contribution in [2.75, 3.05) is 21.3 Å². The van der Waals surface area contributed by atoms with Crippen molar-refractivity contribution in [3.63, 3.8) is 0 Å². The monoisotopic (exact) mass is 358 g/mol. The molecule has 0 saturated heterocycles. The maximum absolute atomic E-state index is 13.2. The number of amides is 1. The highest BCUT2D eigenvalue weighted by atomic mass is 19.1. The van der Waals surface area contributed by atoms with Crippen LogP contribution in [0.4, 0.5) is 4.39 Å². The SMILES string of the molecule is COc1cc(C2=NN(C=O)[C@H](c3ccc(F)cc3)C2)cc(OC)c1OC. The van der Waals surface area contributed by atoms with Crippen LogP contribution in [-0.4, -0.2) is 38.5 Å². The van der Waals surface area contributed by atoms with Crippen LogP contribution in [0, 0.1) is 5.82 Å². The number of carbonyl (C=O) groups is 1. The van der Waals surface area contributed by atoms with E-state index in [2.05, 4.69) is 5.10 Å². The number of carbonyl (C=O) groups excluding carboxylic acids is 1. The van der Waals surface area contributed by atoms with Crippen LogP contribution in [0.3, 0.4) is 0 Å². The zero-order valence-corrected chi connectivity index (χ0v) is 14.7. The normalized spacial score (nSPS) is 16.2. The highest BCUT2D eigenvalue weighted by Gasteiger charge is 2.29. The fourth-order valence-corrected chi connectivity index (χ4v) is 3.00. The molecule has 0 aliphatic carbocycles. The smallest absolute Gasteiger partial charge is 0.230 e. The molecule has 1 atom stereocenters. The summed E-state index contributed by atoms with van der Waals surface area (Å²) in [6.07, 6.45) is 1.15. The van der Waals surface area contributed by atoms with Gasteiger partial charge in [-0.3, -0.25) is 4.79 Å². The summed E-state index contributed by atoms with van der Waals surface area (Å²) in [7, 11) is 4.61. The Balaban J connectivity index is 1.97. The van der Waals surface area contributed by atoms with Gasteiger partial charge in [-0.1, -0.05) is 12.1 Å². The van der Waals surface area contributed by atoms with Crippen molar-refractivity contribution in [1.29, 1.82) is 0 Å². The predicted octanol–water partition coefficient (Wildman–Crippen LogP) is 3.16. The number of hydrogen-bond acceptors (Lipinski definition) is 5. The van der Waals surface area contributed by atoms with Gasteiger partial charge in [-0.25, -0.2) is 9.40 Å². The molecule has 1 heterocycles. The number of benzene rings is 2. The van der Waals surface area contributed by atoms with Crippen molar-refractivity contribution < 1.29 is 23.4 Å². The first-order valence-corrected chi connectivity index (χ1v) is 7.98. The second kappa shape index (κ2) is 7.43. The molecule has 1 aliphatic rings. The van der Waals surface area contributed by atoms with Gasteiger partial charge in [0, 0.05) is 12.0 Å². The fourth-order valence-electron chi connectivity index (χ4n) is 3.00. The lowest BCUT2D eigenvalue weighted by Crippen LogP contribution is -2.17. The molecule has 6 nitrogen and oxygen atoms in total. The minimum absolute atomic E-state index is 0.290. The Morgan fingerprint density at radius 1 is 1.08 bits per heavy atom. The summed E-state index contributed by atoms with van der Waals surface area (Å²) in [5.74, 6) is 1.18. The summed E-state index contributed by atoms with van der Waals surface area (Å²) in [5, 5.41) is 5.74. The maximum atomic E-state index is 13.2. The minimum Gasteiger partial charge on any atom is -0.493 e. The lowest BCUT2D eigenvalue weighted by atomic mass is 9.98. The van der Waals surface area contributed by atoms with Crippen LogP contribution in [0.15, 0.2) is 41.5 Å². The number of nitrogens with zero attached hydrogens (tertiary/aromatic N) is 2. The zero-order chi connectivity index (χ0) is 18.7. The minimum atomic E-state index is -0.324. The summed E-state index contributed by atoms with van der Waals surface area (Å²) in [4.78, 5) is 11.5. The van der Waals surface area contributed by atoms with E-state index in [4.69, 9.17) is 14.2 Å². The van der Waals surface area contributed by atoms with E-state index in [0.717, 1.165) is 11.1 Å². The average Bonchev–Trinajstić information content (AvgIpc) is 3.11. The van der Waals surface area contributed by atoms with Gasteiger partial charge in [0.2, 0.25) is 12.2 Å². The van der Waals surface area contributed by atoms with Gasteiger partial charge in [0.05, 0.1) is 33.1 Å². The quantitative estimate of drug-likeness (QED) is 0.744. The molecular formula is C19H19FN2O4. The molecule has 26 heavy (non-hydrogen) atoms. The molecule has 3 rings (SSSR count). The van der Waals surface area contributed by atoms with Crippen molar-refractivity contribution in [3.05, 3.63) is 53.3 Å². The molecule has 0 unspecified atom stereocenters. The number of hydrazone groups is 1. The molecule has 136 valence electrons. The summed E-state index contributed by atoms with van der Waals surface area (Å²) >= 11 is 0. The Morgan fingerprint density at radius 3 is 2.19 bits per heavy atom. The fraction of sp³-hybridized carbons (Fsp3) is 0.263. The number of ether oxygens (including phenoxy) is 3. The molecule has 0 saturated carbocycles. The van der Waals surface area contributed by atoms with E-state index in [-0.39, 0.29) is 11.9 Å². The van der Waals surface area contributed by atoms with E-state index in [9.17, 15) is 9.18 Å². The number of rotatable bonds is 6. The van der Waals surface area contributed by atoms with Gasteiger partial charge in [0.25, 0.3) is 0 Å². The highest BCUT2D eigenvalue weighted by molar-refractivity contribution is 6.03. The first-order chi connectivity index (χ1) is 12.6. The second-order valence-corrected chi connectivity index (χ2v) is 5.72. The zero-order valence-electron chi connectivity index (χ0n) is 14.7. The van der Waals surface area contributed by atoms with Crippen LogP contribution in [0.25, 0.3) is 0 Å². The molecule has 1 amide bonds. The lowest BCUT2D eigenvalue weighted by Gasteiger charge is -2.17. The Morgan fingerprint density at radius 2 is 1.69 bits per heavy atom. The molecule has 2 aromatic carbocycles. The molecule has 0 fully saturated rings. The lowest BCUT2D eigenvalue weighted by molar-refractivity contribution is -0.119. The van der Waals surface area contributed by atoms with Gasteiger partial charge in [-0.15, -0.1) is 0 Å². The Kier molecular flexibility index (Phi) is 5.06. The van der Waals surface area contributed by atoms with Crippen molar-refractivity contribution in [2.24, 2.45) is 5.10 Å². The van der Waals surface area contributed by atoms with Crippen LogP contribution < -0.4 is 14.2 Å². The summed E-state index contributed by atoms with van der Waals surface area (Å²) in [5.41, 5.74) is 2.27. The van der Waals surface area contributed by atoms with Crippen molar-refractivity contribution in [1.82, 2.24) is 5.01 Å². The maximum Gasteiger partial charge on any atom is 0.230 e. The molecule has 1 aliphatic heterocycles. The van der Waals surface area contributed by atoms with E-state index in [1.165, 1.54) is 38.5 Å². The van der Waals surface area contributed by atoms with E-state index < -0.39 is 0 Å². The van der Waals surface area contributed by atoms with Crippen molar-refractivity contribution in [2.45, 2.75) is 12.5 Å². The number of methoxy groups -OCH3 is 3. The van der Waals surface area contributed by atoms with Gasteiger partial charge < -0.3 is 14.2 Å². The average molecular weight is 358 g/mol. The van der Waals surface area contributed by atoms with E-state index in [1.807, 2.05) is 0 Å². The molecule has 0 N–H and O–H groups in total. The first kappa shape index (κ1) is 17.7. The van der Waals surface area contributed by atoms with Gasteiger partial charge in [-0.05, 0) is 29.8 Å². The van der Waals surface area contributed by atoms with Gasteiger partial charge in [0.15, 0.2) is 11.5 Å². The second-order valence-electron chi connectivity index (χ2n) is 5.72. The number of halogens is 1. The van der Waals surface area contributed by atoms with Crippen LogP contribution >= 0.6 is 0 Å². The molecule has 0 bridgehead atoms. The van der Waals surface area contributed by atoms with Crippen LogP contribution in [0.1, 0.15) is 23.6 Å². The van der Waals surface area contributed by atoms with Crippen LogP contribution in [0.2, 0.25) is 0 Å². The van der Waals surface area contributed by atoms with Crippen molar-refractivity contribution >= 4 is 12.1 Å². The van der Waals surface area contributed by atoms with Crippen molar-refractivity contribution in [3.8, 4) is 17.2 Å². The molecule has 2 aromatic rings. The molecule has 0 aromatic heterocycles. The molecule has 0 radical (unpaired) electrons. The topological polar surface area (TPSA) is 60.4 Å². The first-order valence-electron chi connectivity index (χ1n) is 7.98. The summed E-state index contributed by atoms with van der Waals surface area (Å²) in [6.45, 7) is 0.